The summed E-state index contributed by atoms with van der Waals surface area (Å²) in [6.45, 7) is 2.09. The van der Waals surface area contributed by atoms with Crippen LogP contribution in [0.4, 0.5) is 0 Å². The predicted octanol–water partition coefficient (Wildman–Crippen LogP) is 3.19. The molecule has 3 rings (SSSR count). The van der Waals surface area contributed by atoms with Gasteiger partial charge in [0, 0.05) is 18.0 Å². The Kier molecular flexibility index (Phi) is 4.04. The minimum absolute atomic E-state index is 0.0372. The summed E-state index contributed by atoms with van der Waals surface area (Å²) in [6.07, 6.45) is 5.96. The fraction of sp³-hybridized carbons (Fsp3) is 0.389. The van der Waals surface area contributed by atoms with E-state index in [1.165, 1.54) is 22.3 Å². The lowest BCUT2D eigenvalue weighted by molar-refractivity contribution is -0.0568. The maximum atomic E-state index is 6.37. The summed E-state index contributed by atoms with van der Waals surface area (Å²) in [5.41, 5.74) is 5.20. The molecule has 0 saturated heterocycles. The average Bonchev–Trinajstić information content (AvgIpc) is 2.65. The molecule has 0 fully saturated rings. The fourth-order valence-electron chi connectivity index (χ4n) is 2.82. The largest absolute Gasteiger partial charge is 0.351 e. The van der Waals surface area contributed by atoms with Crippen LogP contribution in [0, 0.1) is 0 Å². The topological polar surface area (TPSA) is 25.4 Å². The molecule has 3 heteroatoms. The molecule has 1 heterocycles. The third-order valence-corrected chi connectivity index (χ3v) is 4.29. The van der Waals surface area contributed by atoms with Gasteiger partial charge in [-0.3, -0.25) is 9.88 Å². The maximum absolute atomic E-state index is 6.37. The highest BCUT2D eigenvalue weighted by molar-refractivity contribution is 5.42. The van der Waals surface area contributed by atoms with Gasteiger partial charge in [-0.2, -0.15) is 0 Å². The van der Waals surface area contributed by atoms with Crippen LogP contribution in [0.3, 0.4) is 0 Å². The minimum atomic E-state index is -0.0372. The second-order valence-electron chi connectivity index (χ2n) is 5.85. The monoisotopic (exact) mass is 282 g/mol. The van der Waals surface area contributed by atoms with Crippen molar-refractivity contribution in [2.24, 2.45) is 0 Å². The molecule has 1 aromatic carbocycles. The second kappa shape index (κ2) is 5.96. The lowest BCUT2D eigenvalue weighted by atomic mass is 9.98. The van der Waals surface area contributed by atoms with Crippen molar-refractivity contribution >= 4 is 0 Å². The van der Waals surface area contributed by atoms with Gasteiger partial charge < -0.3 is 4.74 Å². The van der Waals surface area contributed by atoms with Crippen LogP contribution in [-0.4, -0.2) is 30.2 Å². The third-order valence-electron chi connectivity index (χ3n) is 4.29. The second-order valence-corrected chi connectivity index (χ2v) is 5.85. The van der Waals surface area contributed by atoms with Crippen molar-refractivity contribution in [3.8, 4) is 0 Å². The highest BCUT2D eigenvalue weighted by Gasteiger charge is 2.26. The van der Waals surface area contributed by atoms with Crippen molar-refractivity contribution in [2.45, 2.75) is 32.1 Å². The number of fused-ring (bicyclic) bond motifs is 2. The average molecular weight is 282 g/mol. The molecule has 0 N–H and O–H groups in total. The number of aromatic nitrogens is 1. The molecule has 0 bridgehead atoms. The van der Waals surface area contributed by atoms with Crippen LogP contribution in [-0.2, 0) is 17.6 Å². The Morgan fingerprint density at radius 3 is 2.57 bits per heavy atom. The normalized spacial score (nSPS) is 18.8. The summed E-state index contributed by atoms with van der Waals surface area (Å²) in [6, 6.07) is 10.7. The molecule has 3 nitrogen and oxygen atoms in total. The zero-order valence-electron chi connectivity index (χ0n) is 12.9. The quantitative estimate of drug-likeness (QED) is 0.808. The zero-order valence-corrected chi connectivity index (χ0v) is 12.9. The van der Waals surface area contributed by atoms with Gasteiger partial charge in [-0.1, -0.05) is 24.3 Å². The standard InChI is InChI=1S/C18H22N2O/c1-13(20(2)3)21-18-16-7-5-4-6-14(16)8-9-15-10-11-19-12-17(15)18/h4-7,10-13,18H,8-9H2,1-3H3. The van der Waals surface area contributed by atoms with Gasteiger partial charge in [0.05, 0.1) is 0 Å². The smallest absolute Gasteiger partial charge is 0.112 e. The Hall–Kier alpha value is -1.71. The van der Waals surface area contributed by atoms with E-state index in [-0.39, 0.29) is 12.3 Å². The van der Waals surface area contributed by atoms with Gasteiger partial charge in [-0.15, -0.1) is 0 Å². The molecule has 0 aliphatic heterocycles. The van der Waals surface area contributed by atoms with E-state index >= 15 is 0 Å². The fourth-order valence-corrected chi connectivity index (χ4v) is 2.82. The van der Waals surface area contributed by atoms with Gasteiger partial charge in [0.2, 0.25) is 0 Å². The van der Waals surface area contributed by atoms with Crippen LogP contribution < -0.4 is 0 Å². The van der Waals surface area contributed by atoms with E-state index < -0.39 is 0 Å². The summed E-state index contributed by atoms with van der Waals surface area (Å²) < 4.78 is 6.37. The summed E-state index contributed by atoms with van der Waals surface area (Å²) in [5, 5.41) is 0. The van der Waals surface area contributed by atoms with Crippen LogP contribution in [0.25, 0.3) is 0 Å². The molecule has 2 atom stereocenters. The van der Waals surface area contributed by atoms with Crippen molar-refractivity contribution in [1.82, 2.24) is 9.88 Å². The van der Waals surface area contributed by atoms with Crippen LogP contribution in [0.15, 0.2) is 42.7 Å². The number of aryl methyl sites for hydroxylation is 2. The van der Waals surface area contributed by atoms with Crippen molar-refractivity contribution in [3.05, 3.63) is 65.0 Å². The Balaban J connectivity index is 2.06. The molecule has 2 unspecified atom stereocenters. The van der Waals surface area contributed by atoms with E-state index in [4.69, 9.17) is 4.74 Å². The molecule has 21 heavy (non-hydrogen) atoms. The summed E-state index contributed by atoms with van der Waals surface area (Å²) in [5.74, 6) is 0. The molecule has 1 aliphatic rings. The van der Waals surface area contributed by atoms with Gasteiger partial charge in [-0.05, 0) is 56.6 Å². The first-order chi connectivity index (χ1) is 10.2. The lowest BCUT2D eigenvalue weighted by Gasteiger charge is -2.28. The van der Waals surface area contributed by atoms with E-state index in [1.807, 2.05) is 26.5 Å². The van der Waals surface area contributed by atoms with E-state index in [0.29, 0.717) is 0 Å². The van der Waals surface area contributed by atoms with Gasteiger partial charge in [0.15, 0.2) is 0 Å². The molecule has 0 radical (unpaired) electrons. The number of hydrogen-bond donors (Lipinski definition) is 0. The number of pyridine rings is 1. The molecule has 0 saturated carbocycles. The molecular weight excluding hydrogens is 260 g/mol. The van der Waals surface area contributed by atoms with Crippen LogP contribution in [0.5, 0.6) is 0 Å². The number of nitrogens with zero attached hydrogens (tertiary/aromatic N) is 2. The lowest BCUT2D eigenvalue weighted by Crippen LogP contribution is -2.29. The van der Waals surface area contributed by atoms with Gasteiger partial charge in [0.25, 0.3) is 0 Å². The van der Waals surface area contributed by atoms with E-state index in [1.54, 1.807) is 0 Å². The predicted molar refractivity (Wildman–Crippen MR) is 84.2 cm³/mol. The highest BCUT2D eigenvalue weighted by Crippen LogP contribution is 2.35. The first kappa shape index (κ1) is 14.2. The molecule has 110 valence electrons. The molecule has 0 spiro atoms. The molecule has 1 aromatic heterocycles. The van der Waals surface area contributed by atoms with Crippen LogP contribution >= 0.6 is 0 Å². The first-order valence-corrected chi connectivity index (χ1v) is 7.49. The van der Waals surface area contributed by atoms with E-state index in [0.717, 1.165) is 12.8 Å². The molecule has 2 aromatic rings. The summed E-state index contributed by atoms with van der Waals surface area (Å²) in [4.78, 5) is 6.41. The summed E-state index contributed by atoms with van der Waals surface area (Å²) >= 11 is 0. The number of ether oxygens (including phenoxy) is 1. The number of rotatable bonds is 3. The van der Waals surface area contributed by atoms with E-state index in [9.17, 15) is 0 Å². The Morgan fingerprint density at radius 1 is 1.10 bits per heavy atom. The van der Waals surface area contributed by atoms with Crippen molar-refractivity contribution in [2.75, 3.05) is 14.1 Å². The minimum Gasteiger partial charge on any atom is -0.351 e. The van der Waals surface area contributed by atoms with Gasteiger partial charge >= 0.3 is 0 Å². The third kappa shape index (κ3) is 2.85. The van der Waals surface area contributed by atoms with E-state index in [2.05, 4.69) is 47.1 Å². The van der Waals surface area contributed by atoms with Gasteiger partial charge in [-0.25, -0.2) is 0 Å². The molecular formula is C18H22N2O. The highest BCUT2D eigenvalue weighted by atomic mass is 16.5. The number of benzene rings is 1. The molecule has 1 aliphatic carbocycles. The Labute approximate surface area is 126 Å². The molecule has 0 amide bonds. The number of hydrogen-bond acceptors (Lipinski definition) is 3. The van der Waals surface area contributed by atoms with Crippen molar-refractivity contribution in [1.29, 1.82) is 0 Å². The zero-order chi connectivity index (χ0) is 14.8. The van der Waals surface area contributed by atoms with Gasteiger partial charge in [0.1, 0.15) is 12.3 Å². The van der Waals surface area contributed by atoms with Crippen molar-refractivity contribution < 1.29 is 4.74 Å². The SMILES string of the molecule is CC(OC1c2ccccc2CCc2ccncc21)N(C)C. The summed E-state index contributed by atoms with van der Waals surface area (Å²) in [7, 11) is 4.08. The van der Waals surface area contributed by atoms with Crippen molar-refractivity contribution in [3.63, 3.8) is 0 Å². The van der Waals surface area contributed by atoms with Crippen LogP contribution in [0.2, 0.25) is 0 Å². The van der Waals surface area contributed by atoms with Crippen LogP contribution in [0.1, 0.15) is 35.3 Å². The Morgan fingerprint density at radius 2 is 1.81 bits per heavy atom. The first-order valence-electron chi connectivity index (χ1n) is 7.49. The maximum Gasteiger partial charge on any atom is 0.112 e. The Bertz CT molecular complexity index is 577.